The number of nitrogens with zero attached hydrogens (tertiary/aromatic N) is 4. The lowest BCUT2D eigenvalue weighted by Crippen LogP contribution is -2.36. The van der Waals surface area contributed by atoms with Gasteiger partial charge in [-0.3, -0.25) is 9.20 Å². The van der Waals surface area contributed by atoms with Gasteiger partial charge in [0, 0.05) is 48.8 Å². The van der Waals surface area contributed by atoms with Gasteiger partial charge < -0.3 is 25.0 Å². The van der Waals surface area contributed by atoms with Crippen LogP contribution in [0.5, 0.6) is 5.75 Å². The van der Waals surface area contributed by atoms with Crippen molar-refractivity contribution in [2.45, 2.75) is 46.3 Å². The molecule has 2 N–H and O–H groups in total. The van der Waals surface area contributed by atoms with Gasteiger partial charge >= 0.3 is 12.7 Å². The summed E-state index contributed by atoms with van der Waals surface area (Å²) in [4.78, 5) is 35.9. The van der Waals surface area contributed by atoms with Gasteiger partial charge in [0.2, 0.25) is 0 Å². The highest BCUT2D eigenvalue weighted by Crippen LogP contribution is 2.28. The molecule has 2 amide bonds. The molecule has 0 saturated carbocycles. The first-order valence-electron chi connectivity index (χ1n) is 14.0. The molecule has 1 aliphatic heterocycles. The molecular weight excluding hydrogens is 558 g/mol. The summed E-state index contributed by atoms with van der Waals surface area (Å²) >= 11 is 0. The van der Waals surface area contributed by atoms with E-state index < -0.39 is 12.2 Å². The number of amides is 2. The summed E-state index contributed by atoms with van der Waals surface area (Å²) < 4.78 is 36.7. The van der Waals surface area contributed by atoms with Gasteiger partial charge in [-0.25, -0.2) is 14.8 Å². The number of ether oxygens (including phenoxy) is 2. The first-order valence-corrected chi connectivity index (χ1v) is 14.0. The minimum absolute atomic E-state index is 0.0764. The maximum Gasteiger partial charge on any atom is 0.410 e. The molecule has 2 aromatic heterocycles. The highest BCUT2D eigenvalue weighted by atomic mass is 19.3. The molecule has 43 heavy (non-hydrogen) atoms. The third-order valence-corrected chi connectivity index (χ3v) is 7.03. The number of rotatable bonds is 8. The van der Waals surface area contributed by atoms with Crippen LogP contribution in [0, 0.1) is 12.8 Å². The molecule has 1 atom stereocenters. The smallest absolute Gasteiger partial charge is 0.410 e. The number of benzene rings is 2. The molecule has 1 unspecified atom stereocenters. The lowest BCUT2D eigenvalue weighted by atomic mass is 10.1. The van der Waals surface area contributed by atoms with Gasteiger partial charge in [0.05, 0.1) is 11.9 Å². The third-order valence-electron chi connectivity index (χ3n) is 7.03. The van der Waals surface area contributed by atoms with E-state index in [1.807, 2.05) is 38.2 Å². The van der Waals surface area contributed by atoms with Crippen LogP contribution in [0.2, 0.25) is 0 Å². The van der Waals surface area contributed by atoms with Crippen LogP contribution < -0.4 is 15.4 Å². The minimum Gasteiger partial charge on any atom is -0.444 e. The molecule has 10 nitrogen and oxygen atoms in total. The molecule has 0 spiro atoms. The number of aromatic nitrogens is 3. The Hall–Kier alpha value is -4.74. The standard InChI is InChI=1S/C31H34F2N6O4/c1-19-15-22(7-10-24(19)28(40)36-16-20-11-13-38(18-20)30(41)43-31(2,3)4)37-26-27-35-17-25(39(27)14-12-34-26)21-5-8-23(9-6-21)42-29(32)33/h5-10,12,14-15,17,20,29H,11,13,16,18H2,1-4H3,(H,34,37)(H,36,40). The van der Waals surface area contributed by atoms with Crippen molar-refractivity contribution in [3.63, 3.8) is 0 Å². The van der Waals surface area contributed by atoms with E-state index in [0.29, 0.717) is 36.7 Å². The van der Waals surface area contributed by atoms with E-state index >= 15 is 0 Å². The molecule has 226 valence electrons. The summed E-state index contributed by atoms with van der Waals surface area (Å²) in [7, 11) is 0. The molecule has 1 saturated heterocycles. The Morgan fingerprint density at radius 1 is 1.12 bits per heavy atom. The number of fused-ring (bicyclic) bond motifs is 1. The second kappa shape index (κ2) is 12.2. The average Bonchev–Trinajstić information content (AvgIpc) is 3.59. The Labute approximate surface area is 248 Å². The maximum absolute atomic E-state index is 13.0. The van der Waals surface area contributed by atoms with Crippen LogP contribution in [0.1, 0.15) is 43.1 Å². The predicted molar refractivity (Wildman–Crippen MR) is 158 cm³/mol. The lowest BCUT2D eigenvalue weighted by molar-refractivity contribution is -0.0498. The van der Waals surface area contributed by atoms with Crippen molar-refractivity contribution in [3.8, 4) is 17.0 Å². The summed E-state index contributed by atoms with van der Waals surface area (Å²) in [6, 6.07) is 11.8. The van der Waals surface area contributed by atoms with Crippen LogP contribution in [0.3, 0.4) is 0 Å². The van der Waals surface area contributed by atoms with Crippen molar-refractivity contribution >= 4 is 29.2 Å². The quantitative estimate of drug-likeness (QED) is 0.257. The molecule has 2 aromatic carbocycles. The zero-order valence-electron chi connectivity index (χ0n) is 24.4. The van der Waals surface area contributed by atoms with Crippen LogP contribution in [0.25, 0.3) is 16.9 Å². The SMILES string of the molecule is Cc1cc(Nc2nccn3c(-c4ccc(OC(F)F)cc4)cnc23)ccc1C(=O)NCC1CCN(C(=O)OC(C)(C)C)C1. The fraction of sp³-hybridized carbons (Fsp3) is 0.355. The van der Waals surface area contributed by atoms with Crippen molar-refractivity contribution < 1.29 is 27.8 Å². The average molecular weight is 593 g/mol. The van der Waals surface area contributed by atoms with Gasteiger partial charge in [0.25, 0.3) is 5.91 Å². The van der Waals surface area contributed by atoms with Crippen LogP contribution in [-0.4, -0.2) is 63.1 Å². The topological polar surface area (TPSA) is 110 Å². The Bertz CT molecular complexity index is 1620. The number of alkyl halides is 2. The summed E-state index contributed by atoms with van der Waals surface area (Å²) in [5.41, 5.74) is 3.62. The monoisotopic (exact) mass is 592 g/mol. The maximum atomic E-state index is 13.0. The van der Waals surface area contributed by atoms with Crippen LogP contribution in [-0.2, 0) is 4.74 Å². The van der Waals surface area contributed by atoms with Crippen molar-refractivity contribution in [1.82, 2.24) is 24.6 Å². The Morgan fingerprint density at radius 2 is 1.88 bits per heavy atom. The molecule has 1 aliphatic rings. The minimum atomic E-state index is -2.89. The molecule has 4 aromatic rings. The summed E-state index contributed by atoms with van der Waals surface area (Å²) in [5.74, 6) is 0.571. The number of halogens is 2. The molecule has 12 heteroatoms. The van der Waals surface area contributed by atoms with Crippen molar-refractivity contribution in [1.29, 1.82) is 0 Å². The highest BCUT2D eigenvalue weighted by Gasteiger charge is 2.30. The van der Waals surface area contributed by atoms with E-state index in [2.05, 4.69) is 25.3 Å². The molecule has 1 fully saturated rings. The summed E-state index contributed by atoms with van der Waals surface area (Å²) in [5, 5.41) is 6.28. The van der Waals surface area contributed by atoms with Crippen LogP contribution >= 0.6 is 0 Å². The number of carbonyl (C=O) groups is 2. The number of hydrogen-bond donors (Lipinski definition) is 2. The highest BCUT2D eigenvalue weighted by molar-refractivity contribution is 5.96. The predicted octanol–water partition coefficient (Wildman–Crippen LogP) is 6.04. The number of anilines is 2. The van der Waals surface area contributed by atoms with E-state index in [1.165, 1.54) is 12.1 Å². The fourth-order valence-corrected chi connectivity index (χ4v) is 4.98. The first kappa shape index (κ1) is 29.7. The van der Waals surface area contributed by atoms with Gasteiger partial charge in [0.1, 0.15) is 11.4 Å². The van der Waals surface area contributed by atoms with E-state index in [1.54, 1.807) is 47.8 Å². The molecule has 0 radical (unpaired) electrons. The Kier molecular flexibility index (Phi) is 8.47. The second-order valence-electron chi connectivity index (χ2n) is 11.5. The normalized spacial score (nSPS) is 15.1. The Morgan fingerprint density at radius 3 is 2.58 bits per heavy atom. The van der Waals surface area contributed by atoms with Gasteiger partial charge in [-0.1, -0.05) is 0 Å². The number of carbonyl (C=O) groups excluding carboxylic acids is 2. The number of likely N-dealkylation sites (tertiary alicyclic amines) is 1. The zero-order valence-corrected chi connectivity index (χ0v) is 24.4. The van der Waals surface area contributed by atoms with E-state index in [9.17, 15) is 18.4 Å². The van der Waals surface area contributed by atoms with Crippen molar-refractivity contribution in [2.75, 3.05) is 25.0 Å². The van der Waals surface area contributed by atoms with Crippen molar-refractivity contribution in [3.05, 3.63) is 72.2 Å². The molecule has 3 heterocycles. The number of imidazole rings is 1. The third kappa shape index (κ3) is 7.19. The first-order chi connectivity index (χ1) is 20.5. The van der Waals surface area contributed by atoms with Gasteiger partial charge in [-0.2, -0.15) is 8.78 Å². The van der Waals surface area contributed by atoms with Crippen LogP contribution in [0.4, 0.5) is 25.1 Å². The largest absolute Gasteiger partial charge is 0.444 e. The zero-order chi connectivity index (χ0) is 30.7. The van der Waals surface area contributed by atoms with E-state index in [4.69, 9.17) is 4.74 Å². The van der Waals surface area contributed by atoms with Crippen molar-refractivity contribution in [2.24, 2.45) is 5.92 Å². The number of aryl methyl sites for hydroxylation is 1. The number of nitrogens with one attached hydrogen (secondary N) is 2. The molecule has 5 rings (SSSR count). The van der Waals surface area contributed by atoms with Gasteiger partial charge in [-0.05, 0) is 88.1 Å². The molecule has 0 aliphatic carbocycles. The van der Waals surface area contributed by atoms with Gasteiger partial charge in [0.15, 0.2) is 11.5 Å². The summed E-state index contributed by atoms with van der Waals surface area (Å²) in [6.45, 7) is 6.12. The van der Waals surface area contributed by atoms with Gasteiger partial charge in [-0.15, -0.1) is 0 Å². The van der Waals surface area contributed by atoms with E-state index in [-0.39, 0.29) is 23.7 Å². The summed E-state index contributed by atoms with van der Waals surface area (Å²) in [6.07, 6.45) is 5.56. The fourth-order valence-electron chi connectivity index (χ4n) is 4.98. The molecule has 0 bridgehead atoms. The second-order valence-corrected chi connectivity index (χ2v) is 11.5. The van der Waals surface area contributed by atoms with E-state index in [0.717, 1.165) is 28.9 Å². The molecular formula is C31H34F2N6O4. The van der Waals surface area contributed by atoms with Crippen LogP contribution in [0.15, 0.2) is 61.1 Å². The number of hydrogen-bond acceptors (Lipinski definition) is 7. The lowest BCUT2D eigenvalue weighted by Gasteiger charge is -2.24. The Balaban J connectivity index is 1.21.